The average Bonchev–Trinajstić information content (AvgIpc) is 2.75. The highest BCUT2D eigenvalue weighted by Crippen LogP contribution is 2.36. The van der Waals surface area contributed by atoms with Crippen molar-refractivity contribution in [2.45, 2.75) is 25.3 Å². The van der Waals surface area contributed by atoms with Crippen LogP contribution in [0.3, 0.4) is 0 Å². The van der Waals surface area contributed by atoms with Gasteiger partial charge in [-0.05, 0) is 37.3 Å². The van der Waals surface area contributed by atoms with E-state index < -0.39 is 47.5 Å². The van der Waals surface area contributed by atoms with Gasteiger partial charge in [0.1, 0.15) is 24.5 Å². The van der Waals surface area contributed by atoms with E-state index in [1.807, 2.05) is 0 Å². The number of amidine groups is 1. The van der Waals surface area contributed by atoms with Crippen LogP contribution in [0.1, 0.15) is 28.4 Å². The Morgan fingerprint density at radius 1 is 1.21 bits per heavy atom. The Hall–Kier alpha value is -3.95. The maximum atomic E-state index is 13.2. The minimum Gasteiger partial charge on any atom is -0.327 e. The van der Waals surface area contributed by atoms with Gasteiger partial charge in [-0.1, -0.05) is 6.07 Å². The van der Waals surface area contributed by atoms with Crippen molar-refractivity contribution >= 4 is 23.9 Å². The first-order chi connectivity index (χ1) is 15.4. The summed E-state index contributed by atoms with van der Waals surface area (Å²) in [6.45, 7) is 0.657. The number of aromatic nitrogens is 1. The Morgan fingerprint density at radius 3 is 2.27 bits per heavy atom. The predicted octanol–water partition coefficient (Wildman–Crippen LogP) is 4.59. The second-order valence-corrected chi connectivity index (χ2v) is 6.55. The van der Waals surface area contributed by atoms with E-state index in [-0.39, 0.29) is 29.9 Å². The van der Waals surface area contributed by atoms with Crippen LogP contribution < -0.4 is 5.32 Å². The zero-order valence-electron chi connectivity index (χ0n) is 16.9. The summed E-state index contributed by atoms with van der Waals surface area (Å²) in [6.07, 6.45) is -8.25. The normalized spacial score (nSPS) is 13.1. The summed E-state index contributed by atoms with van der Waals surface area (Å²) in [5.74, 6) is -1.11. The molecular formula is C20H16F6N6O. The number of amides is 1. The van der Waals surface area contributed by atoms with Crippen LogP contribution in [-0.4, -0.2) is 40.6 Å². The number of rotatable bonds is 6. The molecule has 13 heteroatoms. The number of nitriles is 1. The molecule has 2 N–H and O–H groups in total. The molecule has 2 rings (SSSR count). The highest BCUT2D eigenvalue weighted by atomic mass is 19.4. The molecule has 0 aliphatic rings. The van der Waals surface area contributed by atoms with Crippen LogP contribution >= 0.6 is 0 Å². The number of aliphatic imine (C=N–C) groups is 1. The van der Waals surface area contributed by atoms with Gasteiger partial charge in [0, 0.05) is 11.8 Å². The number of alkyl halides is 6. The molecule has 33 heavy (non-hydrogen) atoms. The molecule has 0 saturated carbocycles. The first-order valence-corrected chi connectivity index (χ1v) is 9.10. The van der Waals surface area contributed by atoms with E-state index in [2.05, 4.69) is 15.3 Å². The minimum atomic E-state index is -5.14. The number of nitrogens with zero attached hydrogens (tertiary/aromatic N) is 4. The lowest BCUT2D eigenvalue weighted by molar-refractivity contribution is -0.143. The van der Waals surface area contributed by atoms with Gasteiger partial charge in [0.25, 0.3) is 5.91 Å². The van der Waals surface area contributed by atoms with Gasteiger partial charge in [-0.15, -0.1) is 0 Å². The van der Waals surface area contributed by atoms with E-state index in [9.17, 15) is 31.1 Å². The van der Waals surface area contributed by atoms with E-state index in [0.717, 1.165) is 4.90 Å². The van der Waals surface area contributed by atoms with E-state index in [4.69, 9.17) is 10.7 Å². The first kappa shape index (κ1) is 25.3. The van der Waals surface area contributed by atoms with E-state index in [0.29, 0.717) is 6.34 Å². The number of carbonyl (C=O) groups excluding carboxylic acids is 1. The lowest BCUT2D eigenvalue weighted by Crippen LogP contribution is -2.46. The molecule has 1 heterocycles. The number of hydrogen-bond acceptors (Lipinski definition) is 4. The van der Waals surface area contributed by atoms with Crippen molar-refractivity contribution in [3.63, 3.8) is 0 Å². The van der Waals surface area contributed by atoms with Gasteiger partial charge in [0.2, 0.25) is 0 Å². The van der Waals surface area contributed by atoms with Crippen molar-refractivity contribution in [2.75, 3.05) is 11.9 Å². The zero-order valence-corrected chi connectivity index (χ0v) is 16.9. The number of benzene rings is 1. The smallest absolute Gasteiger partial charge is 0.327 e. The van der Waals surface area contributed by atoms with Crippen LogP contribution in [0.4, 0.5) is 32.2 Å². The molecule has 0 spiro atoms. The summed E-state index contributed by atoms with van der Waals surface area (Å²) in [4.78, 5) is 21.4. The molecule has 0 saturated heterocycles. The summed E-state index contributed by atoms with van der Waals surface area (Å²) in [5, 5.41) is 19.1. The van der Waals surface area contributed by atoms with Crippen LogP contribution in [0.2, 0.25) is 0 Å². The Morgan fingerprint density at radius 2 is 1.82 bits per heavy atom. The molecule has 0 fully saturated rings. The summed E-state index contributed by atoms with van der Waals surface area (Å²) >= 11 is 0. The van der Waals surface area contributed by atoms with Gasteiger partial charge in [-0.2, -0.15) is 31.6 Å². The fraction of sp³-hybridized carbons (Fsp3) is 0.250. The van der Waals surface area contributed by atoms with Crippen LogP contribution in [0.5, 0.6) is 0 Å². The minimum absolute atomic E-state index is 0.0877. The topological polar surface area (TPSA) is 105 Å². The molecule has 1 amide bonds. The summed E-state index contributed by atoms with van der Waals surface area (Å²) in [7, 11) is 0. The van der Waals surface area contributed by atoms with Crippen molar-refractivity contribution in [1.29, 1.82) is 10.7 Å². The maximum absolute atomic E-state index is 13.2. The van der Waals surface area contributed by atoms with Crippen molar-refractivity contribution in [3.8, 4) is 6.07 Å². The van der Waals surface area contributed by atoms with E-state index >= 15 is 0 Å². The second-order valence-electron chi connectivity index (χ2n) is 6.55. The van der Waals surface area contributed by atoms with Gasteiger partial charge in [-0.3, -0.25) is 10.2 Å². The van der Waals surface area contributed by atoms with Crippen molar-refractivity contribution in [1.82, 2.24) is 9.88 Å². The lowest BCUT2D eigenvalue weighted by Gasteiger charge is -2.28. The second kappa shape index (κ2) is 10.1. The SMILES string of the molecule is CC(/C(=N/C=N)Nc1ccccn1)N(CC#N)C(=O)c1cc(C(F)(F)F)cc(C(F)(F)F)c1. The largest absolute Gasteiger partial charge is 0.416 e. The average molecular weight is 470 g/mol. The molecule has 7 nitrogen and oxygen atoms in total. The third-order valence-electron chi connectivity index (χ3n) is 4.32. The van der Waals surface area contributed by atoms with E-state index in [1.54, 1.807) is 18.2 Å². The lowest BCUT2D eigenvalue weighted by atomic mass is 10.0. The molecule has 1 aromatic carbocycles. The maximum Gasteiger partial charge on any atom is 0.416 e. The van der Waals surface area contributed by atoms with Crippen molar-refractivity contribution in [2.24, 2.45) is 4.99 Å². The van der Waals surface area contributed by atoms with Gasteiger partial charge < -0.3 is 10.2 Å². The highest BCUT2D eigenvalue weighted by molar-refractivity contribution is 6.05. The monoisotopic (exact) mass is 470 g/mol. The Kier molecular flexibility index (Phi) is 7.76. The molecule has 2 aromatic rings. The zero-order chi connectivity index (χ0) is 24.8. The van der Waals surface area contributed by atoms with Crippen LogP contribution in [0, 0.1) is 16.7 Å². The standard InChI is InChI=1S/C20H16F6N6O/c1-12(17(30-11-28)31-16-4-2-3-6-29-16)32(7-5-27)18(33)13-8-14(19(21,22)23)10-15(9-13)20(24,25)26/h2-4,6,8-12H,7H2,1H3,(H2,28,29,30,31). The van der Waals surface area contributed by atoms with Crippen LogP contribution in [0.25, 0.3) is 0 Å². The third kappa shape index (κ3) is 6.52. The molecule has 1 atom stereocenters. The van der Waals surface area contributed by atoms with E-state index in [1.165, 1.54) is 19.2 Å². The fourth-order valence-corrected chi connectivity index (χ4v) is 2.73. The Balaban J connectivity index is 2.51. The van der Waals surface area contributed by atoms with Crippen LogP contribution in [0.15, 0.2) is 47.6 Å². The molecule has 1 aromatic heterocycles. The van der Waals surface area contributed by atoms with Gasteiger partial charge in [0.05, 0.1) is 23.2 Å². The molecule has 0 aliphatic carbocycles. The van der Waals surface area contributed by atoms with Crippen molar-refractivity contribution in [3.05, 3.63) is 59.3 Å². The fourth-order valence-electron chi connectivity index (χ4n) is 2.73. The number of hydrogen-bond donors (Lipinski definition) is 2. The molecule has 0 radical (unpaired) electrons. The quantitative estimate of drug-likeness (QED) is 0.279. The van der Waals surface area contributed by atoms with Crippen LogP contribution in [-0.2, 0) is 12.4 Å². The number of pyridine rings is 1. The summed E-state index contributed by atoms with van der Waals surface area (Å²) in [5.41, 5.74) is -4.23. The number of anilines is 1. The summed E-state index contributed by atoms with van der Waals surface area (Å²) in [6, 6.07) is 5.72. The summed E-state index contributed by atoms with van der Waals surface area (Å²) < 4.78 is 79.0. The molecular weight excluding hydrogens is 454 g/mol. The number of carbonyl (C=O) groups is 1. The molecule has 174 valence electrons. The molecule has 0 bridgehead atoms. The van der Waals surface area contributed by atoms with Crippen molar-refractivity contribution < 1.29 is 31.1 Å². The molecule has 0 aliphatic heterocycles. The third-order valence-corrected chi connectivity index (χ3v) is 4.32. The Bertz CT molecular complexity index is 1040. The van der Waals surface area contributed by atoms with Gasteiger partial charge >= 0.3 is 12.4 Å². The first-order valence-electron chi connectivity index (χ1n) is 9.10. The predicted molar refractivity (Wildman–Crippen MR) is 107 cm³/mol. The van der Waals surface area contributed by atoms with Gasteiger partial charge in [0.15, 0.2) is 0 Å². The highest BCUT2D eigenvalue weighted by Gasteiger charge is 2.38. The van der Waals surface area contributed by atoms with Gasteiger partial charge in [-0.25, -0.2) is 9.98 Å². The Labute approximate surface area is 183 Å². The number of nitrogens with one attached hydrogen (secondary N) is 2. The molecule has 1 unspecified atom stereocenters. The number of halogens is 6.